The molecule has 0 saturated carbocycles. The summed E-state index contributed by atoms with van der Waals surface area (Å²) in [6.45, 7) is 3.59. The third kappa shape index (κ3) is 3.62. The molecule has 0 aromatic heterocycles. The molecule has 2 aromatic rings. The standard InChI is InChI=1S/C21H19ClO4/c1-3-13-4-6-14(7-5-13)10-16-11-15(8-9-17(16)22)21-20(25)19(24)18(23)12(2)26-21/h1,4-9,11,18-21,23-25H,2,10H2/t18-,19-,20-,21+/m1/s1. The molecular formula is C21H19ClO4. The molecule has 0 aliphatic carbocycles. The molecule has 0 spiro atoms. The minimum absolute atomic E-state index is 0.0224. The highest BCUT2D eigenvalue weighted by molar-refractivity contribution is 6.31. The van der Waals surface area contributed by atoms with Gasteiger partial charge in [0.15, 0.2) is 6.10 Å². The number of hydrogen-bond acceptors (Lipinski definition) is 4. The lowest BCUT2D eigenvalue weighted by Crippen LogP contribution is -2.47. The number of hydrogen-bond donors (Lipinski definition) is 3. The van der Waals surface area contributed by atoms with Crippen LogP contribution in [-0.2, 0) is 11.2 Å². The molecule has 2 aromatic carbocycles. The molecule has 1 heterocycles. The molecule has 134 valence electrons. The van der Waals surface area contributed by atoms with Crippen molar-refractivity contribution in [1.29, 1.82) is 0 Å². The first kappa shape index (κ1) is 18.5. The Kier molecular flexibility index (Phi) is 5.36. The molecule has 0 unspecified atom stereocenters. The van der Waals surface area contributed by atoms with Gasteiger partial charge in [0.05, 0.1) is 0 Å². The van der Waals surface area contributed by atoms with Gasteiger partial charge < -0.3 is 20.1 Å². The SMILES string of the molecule is C#Cc1ccc(Cc2cc([C@@H]3OC(=C)[C@@H](O)[C@@H](O)[C@H]3O)ccc2Cl)cc1. The summed E-state index contributed by atoms with van der Waals surface area (Å²) in [5.41, 5.74) is 3.33. The van der Waals surface area contributed by atoms with Gasteiger partial charge in [-0.25, -0.2) is 0 Å². The fourth-order valence-electron chi connectivity index (χ4n) is 2.97. The van der Waals surface area contributed by atoms with Crippen molar-refractivity contribution >= 4 is 11.6 Å². The van der Waals surface area contributed by atoms with Gasteiger partial charge >= 0.3 is 0 Å². The number of ether oxygens (including phenoxy) is 1. The predicted octanol–water partition coefficient (Wildman–Crippen LogP) is 2.58. The van der Waals surface area contributed by atoms with E-state index in [-0.39, 0.29) is 5.76 Å². The molecule has 0 amide bonds. The summed E-state index contributed by atoms with van der Waals surface area (Å²) < 4.78 is 5.52. The highest BCUT2D eigenvalue weighted by Gasteiger charge is 2.41. The van der Waals surface area contributed by atoms with Crippen LogP contribution in [0, 0.1) is 12.3 Å². The van der Waals surface area contributed by atoms with Gasteiger partial charge in [0.2, 0.25) is 0 Å². The fraction of sp³-hybridized carbons (Fsp3) is 0.238. The summed E-state index contributed by atoms with van der Waals surface area (Å²) >= 11 is 6.32. The second-order valence-electron chi connectivity index (χ2n) is 6.30. The van der Waals surface area contributed by atoms with E-state index in [0.717, 1.165) is 16.7 Å². The van der Waals surface area contributed by atoms with Crippen LogP contribution in [0.3, 0.4) is 0 Å². The molecule has 1 aliphatic heterocycles. The van der Waals surface area contributed by atoms with E-state index in [0.29, 0.717) is 17.0 Å². The van der Waals surface area contributed by atoms with E-state index in [1.54, 1.807) is 12.1 Å². The average Bonchev–Trinajstić information content (AvgIpc) is 2.65. The van der Waals surface area contributed by atoms with Gasteiger partial charge in [-0.05, 0) is 41.3 Å². The van der Waals surface area contributed by atoms with Crippen molar-refractivity contribution in [3.63, 3.8) is 0 Å². The number of rotatable bonds is 3. The summed E-state index contributed by atoms with van der Waals surface area (Å²) in [5.74, 6) is 2.60. The molecule has 5 heteroatoms. The van der Waals surface area contributed by atoms with Gasteiger partial charge in [-0.1, -0.05) is 48.4 Å². The third-order valence-electron chi connectivity index (χ3n) is 4.51. The summed E-state index contributed by atoms with van der Waals surface area (Å²) in [6.07, 6.45) is 1.15. The Balaban J connectivity index is 1.87. The maximum atomic E-state index is 10.3. The molecule has 26 heavy (non-hydrogen) atoms. The van der Waals surface area contributed by atoms with Crippen LogP contribution in [0.15, 0.2) is 54.8 Å². The van der Waals surface area contributed by atoms with E-state index >= 15 is 0 Å². The molecule has 1 aliphatic rings. The Morgan fingerprint density at radius 2 is 1.77 bits per heavy atom. The van der Waals surface area contributed by atoms with Crippen molar-refractivity contribution < 1.29 is 20.1 Å². The first-order chi connectivity index (χ1) is 12.4. The quantitative estimate of drug-likeness (QED) is 0.726. The van der Waals surface area contributed by atoms with Crippen LogP contribution in [0.25, 0.3) is 0 Å². The molecule has 1 fully saturated rings. The Bertz CT molecular complexity index is 853. The maximum Gasteiger partial charge on any atom is 0.152 e. The van der Waals surface area contributed by atoms with Gasteiger partial charge in [-0.3, -0.25) is 0 Å². The zero-order chi connectivity index (χ0) is 18.8. The molecule has 3 rings (SSSR count). The minimum atomic E-state index is -1.36. The number of aliphatic hydroxyl groups excluding tert-OH is 3. The van der Waals surface area contributed by atoms with Crippen LogP contribution in [0.2, 0.25) is 5.02 Å². The number of benzene rings is 2. The summed E-state index contributed by atoms with van der Waals surface area (Å²) in [5, 5.41) is 30.6. The third-order valence-corrected chi connectivity index (χ3v) is 4.87. The molecule has 4 atom stereocenters. The zero-order valence-electron chi connectivity index (χ0n) is 14.0. The van der Waals surface area contributed by atoms with Crippen molar-refractivity contribution in [1.82, 2.24) is 0 Å². The van der Waals surface area contributed by atoms with E-state index in [4.69, 9.17) is 22.8 Å². The number of terminal acetylenes is 1. The lowest BCUT2D eigenvalue weighted by atomic mass is 9.92. The van der Waals surface area contributed by atoms with Crippen molar-refractivity contribution in [3.05, 3.63) is 82.1 Å². The highest BCUT2D eigenvalue weighted by Crippen LogP contribution is 2.35. The van der Waals surface area contributed by atoms with Crippen molar-refractivity contribution in [2.75, 3.05) is 0 Å². The second kappa shape index (κ2) is 7.53. The van der Waals surface area contributed by atoms with Gasteiger partial charge in [0.25, 0.3) is 0 Å². The Morgan fingerprint density at radius 3 is 2.42 bits per heavy atom. The van der Waals surface area contributed by atoms with Crippen LogP contribution < -0.4 is 0 Å². The second-order valence-corrected chi connectivity index (χ2v) is 6.71. The minimum Gasteiger partial charge on any atom is -0.485 e. The van der Waals surface area contributed by atoms with E-state index < -0.39 is 24.4 Å². The number of halogens is 1. The molecule has 4 nitrogen and oxygen atoms in total. The van der Waals surface area contributed by atoms with E-state index in [2.05, 4.69) is 12.5 Å². The normalized spacial score (nSPS) is 25.4. The monoisotopic (exact) mass is 370 g/mol. The van der Waals surface area contributed by atoms with Gasteiger partial charge in [-0.2, -0.15) is 0 Å². The van der Waals surface area contributed by atoms with Gasteiger partial charge in [0, 0.05) is 10.6 Å². The van der Waals surface area contributed by atoms with E-state index in [1.165, 1.54) is 0 Å². The molecule has 1 saturated heterocycles. The smallest absolute Gasteiger partial charge is 0.152 e. The van der Waals surface area contributed by atoms with Crippen LogP contribution in [-0.4, -0.2) is 33.6 Å². The van der Waals surface area contributed by atoms with Crippen LogP contribution in [0.5, 0.6) is 0 Å². The largest absolute Gasteiger partial charge is 0.485 e. The van der Waals surface area contributed by atoms with Crippen LogP contribution in [0.4, 0.5) is 0 Å². The molecule has 0 radical (unpaired) electrons. The first-order valence-corrected chi connectivity index (χ1v) is 8.52. The average molecular weight is 371 g/mol. The van der Waals surface area contributed by atoms with Crippen LogP contribution in [0.1, 0.15) is 28.4 Å². The van der Waals surface area contributed by atoms with Crippen molar-refractivity contribution in [3.8, 4) is 12.3 Å². The number of aliphatic hydroxyl groups is 3. The fourth-order valence-corrected chi connectivity index (χ4v) is 3.15. The lowest BCUT2D eigenvalue weighted by molar-refractivity contribution is -0.157. The Hall–Kier alpha value is -2.29. The van der Waals surface area contributed by atoms with Crippen LogP contribution >= 0.6 is 11.6 Å². The van der Waals surface area contributed by atoms with E-state index in [1.807, 2.05) is 30.3 Å². The summed E-state index contributed by atoms with van der Waals surface area (Å²) in [4.78, 5) is 0. The lowest BCUT2D eigenvalue weighted by Gasteiger charge is -2.37. The first-order valence-electron chi connectivity index (χ1n) is 8.14. The maximum absolute atomic E-state index is 10.3. The molecular weight excluding hydrogens is 352 g/mol. The van der Waals surface area contributed by atoms with Crippen molar-refractivity contribution in [2.45, 2.75) is 30.8 Å². The predicted molar refractivity (Wildman–Crippen MR) is 99.6 cm³/mol. The van der Waals surface area contributed by atoms with E-state index in [9.17, 15) is 15.3 Å². The highest BCUT2D eigenvalue weighted by atomic mass is 35.5. The Morgan fingerprint density at radius 1 is 1.08 bits per heavy atom. The molecule has 3 N–H and O–H groups in total. The molecule has 0 bridgehead atoms. The zero-order valence-corrected chi connectivity index (χ0v) is 14.7. The Labute approximate surface area is 157 Å². The van der Waals surface area contributed by atoms with Crippen molar-refractivity contribution in [2.24, 2.45) is 0 Å². The van der Waals surface area contributed by atoms with Gasteiger partial charge in [0.1, 0.15) is 24.1 Å². The summed E-state index contributed by atoms with van der Waals surface area (Å²) in [6, 6.07) is 12.9. The topological polar surface area (TPSA) is 69.9 Å². The van der Waals surface area contributed by atoms with Gasteiger partial charge in [-0.15, -0.1) is 6.42 Å². The summed E-state index contributed by atoms with van der Waals surface area (Å²) in [7, 11) is 0.